The van der Waals surface area contributed by atoms with Gasteiger partial charge in [-0.2, -0.15) is 0 Å². The van der Waals surface area contributed by atoms with E-state index in [1.165, 1.54) is 54.7 Å². The van der Waals surface area contributed by atoms with Gasteiger partial charge in [-0.1, -0.05) is 0 Å². The molecule has 0 radical (unpaired) electrons. The summed E-state index contributed by atoms with van der Waals surface area (Å²) >= 11 is 0. The second kappa shape index (κ2) is 9.84. The monoisotopic (exact) mass is 507 g/mol. The summed E-state index contributed by atoms with van der Waals surface area (Å²) in [5, 5.41) is 7.88. The number of aromatic nitrogens is 1. The van der Waals surface area contributed by atoms with Crippen LogP contribution in [0.1, 0.15) is 19.3 Å². The summed E-state index contributed by atoms with van der Waals surface area (Å²) in [6.07, 6.45) is 3.08. The Morgan fingerprint density at radius 1 is 0.865 bits per heavy atom. The molecule has 2 aliphatic rings. The van der Waals surface area contributed by atoms with Crippen molar-refractivity contribution in [3.05, 3.63) is 72.4 Å². The van der Waals surface area contributed by atoms with E-state index in [0.717, 1.165) is 12.5 Å². The fourth-order valence-corrected chi connectivity index (χ4v) is 3.76. The number of carbonyl (C=O) groups is 3. The van der Waals surface area contributed by atoms with Crippen LogP contribution in [-0.2, 0) is 9.59 Å². The summed E-state index contributed by atoms with van der Waals surface area (Å²) in [5.74, 6) is -1.81. The average molecular weight is 507 g/mol. The van der Waals surface area contributed by atoms with Gasteiger partial charge in [0.2, 0.25) is 11.8 Å². The highest BCUT2D eigenvalue weighted by molar-refractivity contribution is 6.16. The average Bonchev–Trinajstić information content (AvgIpc) is 3.64. The zero-order valence-electron chi connectivity index (χ0n) is 19.6. The van der Waals surface area contributed by atoms with Crippen molar-refractivity contribution >= 4 is 35.0 Å². The molecule has 1 aromatic heterocycles. The maximum Gasteiger partial charge on any atom is 0.323 e. The van der Waals surface area contributed by atoms with E-state index in [4.69, 9.17) is 4.74 Å². The van der Waals surface area contributed by atoms with Crippen molar-refractivity contribution in [2.75, 3.05) is 29.0 Å². The van der Waals surface area contributed by atoms with Crippen molar-refractivity contribution in [3.8, 4) is 11.5 Å². The van der Waals surface area contributed by atoms with Gasteiger partial charge in [-0.15, -0.1) is 0 Å². The van der Waals surface area contributed by atoms with Crippen molar-refractivity contribution in [1.29, 1.82) is 0 Å². The highest BCUT2D eigenvalue weighted by Gasteiger charge is 2.56. The molecule has 4 amide bonds. The summed E-state index contributed by atoms with van der Waals surface area (Å²) in [5.41, 5.74) is -0.737. The van der Waals surface area contributed by atoms with E-state index in [1.54, 1.807) is 4.90 Å². The number of amides is 4. The number of hydrogen-bond acceptors (Lipinski definition) is 5. The number of hydrogen-bond donors (Lipinski definition) is 3. The molecule has 1 saturated heterocycles. The van der Waals surface area contributed by atoms with E-state index in [9.17, 15) is 23.2 Å². The molecule has 0 bridgehead atoms. The first-order chi connectivity index (χ1) is 17.8. The van der Waals surface area contributed by atoms with Crippen LogP contribution in [0.4, 0.5) is 30.8 Å². The molecule has 0 unspecified atom stereocenters. The zero-order chi connectivity index (χ0) is 26.0. The van der Waals surface area contributed by atoms with Crippen LogP contribution in [0, 0.1) is 17.0 Å². The first kappa shape index (κ1) is 24.2. The molecule has 9 nitrogen and oxygen atoms in total. The largest absolute Gasteiger partial charge is 0.454 e. The molecular weight excluding hydrogens is 484 g/mol. The molecule has 2 aromatic carbocycles. The molecule has 1 aliphatic carbocycles. The Morgan fingerprint density at radius 2 is 1.54 bits per heavy atom. The number of benzene rings is 2. The molecule has 5 rings (SSSR count). The number of rotatable bonds is 7. The maximum atomic E-state index is 14.8. The van der Waals surface area contributed by atoms with Crippen molar-refractivity contribution in [1.82, 2.24) is 9.88 Å². The summed E-state index contributed by atoms with van der Waals surface area (Å²) < 4.78 is 33.5. The Hall–Kier alpha value is -4.54. The van der Waals surface area contributed by atoms with Crippen LogP contribution < -0.4 is 20.7 Å². The second-order valence-corrected chi connectivity index (χ2v) is 8.89. The van der Waals surface area contributed by atoms with Gasteiger partial charge < -0.3 is 20.3 Å². The Morgan fingerprint density at radius 3 is 2.16 bits per heavy atom. The molecule has 3 N–H and O–H groups in total. The van der Waals surface area contributed by atoms with Crippen LogP contribution in [0.2, 0.25) is 0 Å². The lowest BCUT2D eigenvalue weighted by molar-refractivity contribution is -0.131. The van der Waals surface area contributed by atoms with Gasteiger partial charge in [-0.05, 0) is 61.7 Å². The summed E-state index contributed by atoms with van der Waals surface area (Å²) in [6, 6.07) is 11.9. The van der Waals surface area contributed by atoms with Gasteiger partial charge in [0.1, 0.15) is 22.8 Å². The molecule has 11 heteroatoms. The molecule has 1 saturated carbocycles. The van der Waals surface area contributed by atoms with Crippen LogP contribution in [0.5, 0.6) is 11.5 Å². The molecule has 3 aromatic rings. The van der Waals surface area contributed by atoms with E-state index in [0.29, 0.717) is 31.6 Å². The second-order valence-electron chi connectivity index (χ2n) is 8.89. The van der Waals surface area contributed by atoms with Gasteiger partial charge in [-0.25, -0.2) is 18.6 Å². The van der Waals surface area contributed by atoms with Gasteiger partial charge in [-0.3, -0.25) is 14.9 Å². The van der Waals surface area contributed by atoms with Crippen LogP contribution in [0.15, 0.2) is 60.8 Å². The van der Waals surface area contributed by atoms with Crippen LogP contribution in [0.3, 0.4) is 0 Å². The first-order valence-corrected chi connectivity index (χ1v) is 11.7. The lowest BCUT2D eigenvalue weighted by Crippen LogP contribution is -2.44. The lowest BCUT2D eigenvalue weighted by atomic mass is 10.0. The van der Waals surface area contributed by atoms with Gasteiger partial charge in [0.25, 0.3) is 0 Å². The number of likely N-dealkylation sites (tertiary alicyclic amines) is 1. The Labute approximate surface area is 210 Å². The topological polar surface area (TPSA) is 113 Å². The van der Waals surface area contributed by atoms with Crippen LogP contribution in [0.25, 0.3) is 0 Å². The van der Waals surface area contributed by atoms with E-state index in [2.05, 4.69) is 20.9 Å². The minimum Gasteiger partial charge on any atom is -0.454 e. The van der Waals surface area contributed by atoms with Gasteiger partial charge in [0.15, 0.2) is 11.6 Å². The maximum absolute atomic E-state index is 14.8. The predicted molar refractivity (Wildman–Crippen MR) is 131 cm³/mol. The van der Waals surface area contributed by atoms with E-state index < -0.39 is 28.9 Å². The SMILES string of the molecule is O=C(Nc1cc(Oc2ccc(NC(=O)C3(C(=O)Nc4ccc(F)cc4)CC3)cc2F)ccn1)N1CCC1. The molecule has 0 spiro atoms. The van der Waals surface area contributed by atoms with Crippen molar-refractivity contribution in [2.45, 2.75) is 19.3 Å². The van der Waals surface area contributed by atoms with Crippen molar-refractivity contribution < 1.29 is 27.9 Å². The number of nitrogens with one attached hydrogen (secondary N) is 3. The fourth-order valence-electron chi connectivity index (χ4n) is 3.76. The number of nitrogens with zero attached hydrogens (tertiary/aromatic N) is 2. The highest BCUT2D eigenvalue weighted by atomic mass is 19.1. The number of urea groups is 1. The standard InChI is InChI=1S/C26H23F2N5O4/c27-16-2-4-17(5-3-16)30-23(34)26(9-10-26)24(35)31-18-6-7-21(20(28)14-18)37-19-8-11-29-22(15-19)32-25(36)33-12-1-13-33/h2-8,11,14-15H,1,9-10,12-13H2,(H,30,34)(H,31,35)(H,29,32,36). The minimum absolute atomic E-state index is 0.0978. The zero-order valence-corrected chi connectivity index (χ0v) is 19.6. The Kier molecular flexibility index (Phi) is 6.43. The summed E-state index contributed by atoms with van der Waals surface area (Å²) in [7, 11) is 0. The van der Waals surface area contributed by atoms with E-state index in [1.807, 2.05) is 0 Å². The van der Waals surface area contributed by atoms with Crippen molar-refractivity contribution in [2.24, 2.45) is 5.41 Å². The molecule has 2 fully saturated rings. The number of ether oxygens (including phenoxy) is 1. The van der Waals surface area contributed by atoms with E-state index in [-0.39, 0.29) is 29.0 Å². The lowest BCUT2D eigenvalue weighted by Gasteiger charge is -2.30. The van der Waals surface area contributed by atoms with Crippen molar-refractivity contribution in [3.63, 3.8) is 0 Å². The van der Waals surface area contributed by atoms with E-state index >= 15 is 0 Å². The normalized spacial score (nSPS) is 15.2. The molecule has 2 heterocycles. The van der Waals surface area contributed by atoms with Crippen LogP contribution >= 0.6 is 0 Å². The quantitative estimate of drug-likeness (QED) is 0.400. The first-order valence-electron chi connectivity index (χ1n) is 11.7. The van der Waals surface area contributed by atoms with Gasteiger partial charge in [0, 0.05) is 42.8 Å². The summed E-state index contributed by atoms with van der Waals surface area (Å²) in [4.78, 5) is 43.3. The predicted octanol–water partition coefficient (Wildman–Crippen LogP) is 4.75. The number of halogens is 2. The number of anilines is 3. The van der Waals surface area contributed by atoms with Gasteiger partial charge >= 0.3 is 6.03 Å². The summed E-state index contributed by atoms with van der Waals surface area (Å²) in [6.45, 7) is 1.38. The third kappa shape index (κ3) is 5.35. The minimum atomic E-state index is -1.27. The molecule has 37 heavy (non-hydrogen) atoms. The number of pyridine rings is 1. The Balaban J connectivity index is 1.21. The molecule has 190 valence electrons. The highest BCUT2D eigenvalue weighted by Crippen LogP contribution is 2.47. The third-order valence-electron chi connectivity index (χ3n) is 6.25. The number of carbonyl (C=O) groups excluding carboxylic acids is 3. The third-order valence-corrected chi connectivity index (χ3v) is 6.25. The molecular formula is C26H23F2N5O4. The molecule has 0 atom stereocenters. The fraction of sp³-hybridized carbons (Fsp3) is 0.231. The Bertz CT molecular complexity index is 1360. The molecule has 1 aliphatic heterocycles. The van der Waals surface area contributed by atoms with Gasteiger partial charge in [0.05, 0.1) is 0 Å². The smallest absolute Gasteiger partial charge is 0.323 e. The van der Waals surface area contributed by atoms with Crippen LogP contribution in [-0.4, -0.2) is 40.8 Å².